The molecule has 0 bridgehead atoms. The Morgan fingerprint density at radius 2 is 2.25 bits per heavy atom. The maximum Gasteiger partial charge on any atom is 0.330 e. The van der Waals surface area contributed by atoms with Crippen molar-refractivity contribution in [2.24, 2.45) is 5.73 Å². The number of urea groups is 1. The Labute approximate surface area is 74.9 Å². The fourth-order valence-electron chi connectivity index (χ4n) is 0.498. The molecule has 1 aromatic heterocycles. The van der Waals surface area contributed by atoms with Gasteiger partial charge in [0.2, 0.25) is 0 Å². The van der Waals surface area contributed by atoms with Crippen LogP contribution in [-0.2, 0) is 0 Å². The quantitative estimate of drug-likeness (QED) is 0.566. The molecule has 4 N–H and O–H groups in total. The number of nitrogens with two attached hydrogens (primary N) is 1. The van der Waals surface area contributed by atoms with Crippen molar-refractivity contribution in [2.75, 3.05) is 5.43 Å². The predicted molar refractivity (Wildman–Crippen MR) is 45.6 cm³/mol. The standard InChI is InChI=1S/C5H7N5O.ClH/c6-5(11)10-9-4-1-2-7-8-3-4;/h1-3H,(H,7,9)(H3,6,10,11);1H. The lowest BCUT2D eigenvalue weighted by Crippen LogP contribution is -2.34. The van der Waals surface area contributed by atoms with Gasteiger partial charge in [-0.05, 0) is 6.07 Å². The zero-order chi connectivity index (χ0) is 8.10. The van der Waals surface area contributed by atoms with Crippen LogP contribution < -0.4 is 16.6 Å². The Kier molecular flexibility index (Phi) is 4.47. The highest BCUT2D eigenvalue weighted by Crippen LogP contribution is 1.97. The molecule has 0 unspecified atom stereocenters. The molecule has 12 heavy (non-hydrogen) atoms. The molecule has 1 rings (SSSR count). The lowest BCUT2D eigenvalue weighted by Gasteiger charge is -2.02. The zero-order valence-corrected chi connectivity index (χ0v) is 6.84. The molecule has 0 saturated heterocycles. The summed E-state index contributed by atoms with van der Waals surface area (Å²) in [5, 5.41) is 7.10. The minimum Gasteiger partial charge on any atom is -0.350 e. The van der Waals surface area contributed by atoms with E-state index < -0.39 is 6.03 Å². The number of nitrogens with zero attached hydrogens (tertiary/aromatic N) is 2. The third kappa shape index (κ3) is 3.57. The van der Waals surface area contributed by atoms with Gasteiger partial charge < -0.3 is 5.73 Å². The second kappa shape index (κ2) is 5.14. The molecule has 6 nitrogen and oxygen atoms in total. The fourth-order valence-corrected chi connectivity index (χ4v) is 0.498. The van der Waals surface area contributed by atoms with E-state index in [0.717, 1.165) is 0 Å². The number of hydrogen-bond acceptors (Lipinski definition) is 4. The van der Waals surface area contributed by atoms with Gasteiger partial charge in [-0.2, -0.15) is 10.2 Å². The summed E-state index contributed by atoms with van der Waals surface area (Å²) >= 11 is 0. The summed E-state index contributed by atoms with van der Waals surface area (Å²) in [4.78, 5) is 10.2. The van der Waals surface area contributed by atoms with Gasteiger partial charge in [0.15, 0.2) is 0 Å². The highest BCUT2D eigenvalue weighted by atomic mass is 35.5. The van der Waals surface area contributed by atoms with Crippen LogP contribution in [0.25, 0.3) is 0 Å². The minimum absolute atomic E-state index is 0. The number of nitrogens with one attached hydrogen (secondary N) is 2. The van der Waals surface area contributed by atoms with Crippen molar-refractivity contribution in [3.8, 4) is 0 Å². The SMILES string of the molecule is Cl.NC(=O)NNc1ccnnc1. The molecular weight excluding hydrogens is 182 g/mol. The molecule has 0 aliphatic heterocycles. The van der Waals surface area contributed by atoms with E-state index in [-0.39, 0.29) is 12.4 Å². The molecule has 66 valence electrons. The second-order valence-corrected chi connectivity index (χ2v) is 1.75. The molecule has 0 aliphatic rings. The zero-order valence-electron chi connectivity index (χ0n) is 6.02. The van der Waals surface area contributed by atoms with Crippen molar-refractivity contribution < 1.29 is 4.79 Å². The van der Waals surface area contributed by atoms with Crippen LogP contribution in [0.5, 0.6) is 0 Å². The lowest BCUT2D eigenvalue weighted by molar-refractivity contribution is 0.250. The number of aromatic nitrogens is 2. The molecule has 0 radical (unpaired) electrons. The number of halogens is 1. The normalized spacial score (nSPS) is 8.00. The van der Waals surface area contributed by atoms with E-state index in [1.165, 1.54) is 12.4 Å². The number of carbonyl (C=O) groups excluding carboxylic acids is 1. The number of anilines is 1. The van der Waals surface area contributed by atoms with Crippen molar-refractivity contribution in [3.05, 3.63) is 18.5 Å². The highest BCUT2D eigenvalue weighted by Gasteiger charge is 1.90. The predicted octanol–water partition coefficient (Wildman–Crippen LogP) is -0.106. The van der Waals surface area contributed by atoms with Crippen LogP contribution >= 0.6 is 12.4 Å². The van der Waals surface area contributed by atoms with Crippen molar-refractivity contribution in [1.82, 2.24) is 15.6 Å². The molecule has 1 heterocycles. The molecule has 0 aliphatic carbocycles. The number of hydrazine groups is 1. The molecule has 0 spiro atoms. The van der Waals surface area contributed by atoms with Crippen LogP contribution in [0.4, 0.5) is 10.5 Å². The molecular formula is C5H8ClN5O. The van der Waals surface area contributed by atoms with Crippen LogP contribution in [0, 0.1) is 0 Å². The van der Waals surface area contributed by atoms with Gasteiger partial charge in [0.1, 0.15) is 0 Å². The summed E-state index contributed by atoms with van der Waals surface area (Å²) in [5.41, 5.74) is 10.1. The molecule has 2 amide bonds. The number of primary amides is 1. The smallest absolute Gasteiger partial charge is 0.330 e. The Hall–Kier alpha value is -1.56. The van der Waals surface area contributed by atoms with E-state index in [1.807, 2.05) is 0 Å². The number of rotatable bonds is 2. The van der Waals surface area contributed by atoms with E-state index in [4.69, 9.17) is 5.73 Å². The maximum absolute atomic E-state index is 10.2. The summed E-state index contributed by atoms with van der Waals surface area (Å²) in [6, 6.07) is 0.991. The first-order valence-corrected chi connectivity index (χ1v) is 2.87. The van der Waals surface area contributed by atoms with Gasteiger partial charge in [-0.25, -0.2) is 4.79 Å². The van der Waals surface area contributed by atoms with Gasteiger partial charge >= 0.3 is 6.03 Å². The Morgan fingerprint density at radius 3 is 2.75 bits per heavy atom. The van der Waals surface area contributed by atoms with Gasteiger partial charge in [-0.1, -0.05) is 0 Å². The third-order valence-electron chi connectivity index (χ3n) is 0.914. The van der Waals surface area contributed by atoms with Gasteiger partial charge in [-0.15, -0.1) is 12.4 Å². The maximum atomic E-state index is 10.2. The number of hydrogen-bond donors (Lipinski definition) is 3. The van der Waals surface area contributed by atoms with E-state index in [2.05, 4.69) is 21.0 Å². The number of carbonyl (C=O) groups is 1. The second-order valence-electron chi connectivity index (χ2n) is 1.75. The molecule has 7 heteroatoms. The van der Waals surface area contributed by atoms with Crippen LogP contribution in [-0.4, -0.2) is 16.2 Å². The first kappa shape index (κ1) is 10.4. The number of amides is 2. The molecule has 0 saturated carbocycles. The largest absolute Gasteiger partial charge is 0.350 e. The Morgan fingerprint density at radius 1 is 1.50 bits per heavy atom. The van der Waals surface area contributed by atoms with E-state index >= 15 is 0 Å². The third-order valence-corrected chi connectivity index (χ3v) is 0.914. The summed E-state index contributed by atoms with van der Waals surface area (Å²) < 4.78 is 0. The van der Waals surface area contributed by atoms with Gasteiger partial charge in [0.05, 0.1) is 18.1 Å². The highest BCUT2D eigenvalue weighted by molar-refractivity contribution is 5.85. The fraction of sp³-hybridized carbons (Fsp3) is 0. The summed E-state index contributed by atoms with van der Waals surface area (Å²) in [7, 11) is 0. The van der Waals surface area contributed by atoms with E-state index in [1.54, 1.807) is 6.07 Å². The average molecular weight is 190 g/mol. The van der Waals surface area contributed by atoms with Crippen LogP contribution in [0.15, 0.2) is 18.5 Å². The van der Waals surface area contributed by atoms with Gasteiger partial charge in [0.25, 0.3) is 0 Å². The van der Waals surface area contributed by atoms with Crippen molar-refractivity contribution in [3.63, 3.8) is 0 Å². The van der Waals surface area contributed by atoms with E-state index in [9.17, 15) is 4.79 Å². The van der Waals surface area contributed by atoms with Gasteiger partial charge in [-0.3, -0.25) is 10.9 Å². The van der Waals surface area contributed by atoms with Crippen molar-refractivity contribution in [2.45, 2.75) is 0 Å². The first-order chi connectivity index (χ1) is 5.29. The van der Waals surface area contributed by atoms with E-state index in [0.29, 0.717) is 5.69 Å². The Balaban J connectivity index is 0.00000121. The van der Waals surface area contributed by atoms with Crippen LogP contribution in [0.3, 0.4) is 0 Å². The molecule has 1 aromatic rings. The van der Waals surface area contributed by atoms with Gasteiger partial charge in [0, 0.05) is 0 Å². The summed E-state index contributed by atoms with van der Waals surface area (Å²) in [5.74, 6) is 0. The van der Waals surface area contributed by atoms with Crippen molar-refractivity contribution in [1.29, 1.82) is 0 Å². The summed E-state index contributed by atoms with van der Waals surface area (Å²) in [6.07, 6.45) is 2.95. The molecule has 0 atom stereocenters. The first-order valence-electron chi connectivity index (χ1n) is 2.87. The summed E-state index contributed by atoms with van der Waals surface area (Å²) in [6.45, 7) is 0. The Bertz CT molecular complexity index is 241. The topological polar surface area (TPSA) is 92.9 Å². The van der Waals surface area contributed by atoms with Crippen LogP contribution in [0.2, 0.25) is 0 Å². The minimum atomic E-state index is -0.651. The van der Waals surface area contributed by atoms with Crippen molar-refractivity contribution >= 4 is 24.1 Å². The molecule has 0 aromatic carbocycles. The monoisotopic (exact) mass is 189 g/mol. The van der Waals surface area contributed by atoms with Crippen LogP contribution in [0.1, 0.15) is 0 Å². The average Bonchev–Trinajstić information content (AvgIpc) is 2.03. The lowest BCUT2D eigenvalue weighted by atomic mass is 10.5. The molecule has 0 fully saturated rings.